The lowest BCUT2D eigenvalue weighted by molar-refractivity contribution is 0.0953. The Bertz CT molecular complexity index is 866. The molecule has 28 heavy (non-hydrogen) atoms. The number of ether oxygens (including phenoxy) is 2. The second-order valence-electron chi connectivity index (χ2n) is 6.21. The predicted octanol–water partition coefficient (Wildman–Crippen LogP) is 3.22. The van der Waals surface area contributed by atoms with Crippen LogP contribution in [-0.2, 0) is 15.6 Å². The number of nitrogens with one attached hydrogen (secondary N) is 1. The van der Waals surface area contributed by atoms with Crippen molar-refractivity contribution in [3.05, 3.63) is 59.7 Å². The van der Waals surface area contributed by atoms with Crippen molar-refractivity contribution in [2.45, 2.75) is 26.0 Å². The fourth-order valence-electron chi connectivity index (χ4n) is 2.69. The summed E-state index contributed by atoms with van der Waals surface area (Å²) in [5.41, 5.74) is 1.21. The van der Waals surface area contributed by atoms with E-state index in [1.807, 2.05) is 32.0 Å². The topological polar surface area (TPSA) is 81.7 Å². The van der Waals surface area contributed by atoms with Gasteiger partial charge in [0.1, 0.15) is 0 Å². The molecule has 0 saturated heterocycles. The third-order valence-electron chi connectivity index (χ3n) is 3.95. The van der Waals surface area contributed by atoms with E-state index in [-0.39, 0.29) is 24.0 Å². The van der Waals surface area contributed by atoms with Gasteiger partial charge < -0.3 is 14.8 Å². The molecule has 1 N–H and O–H groups in total. The van der Waals surface area contributed by atoms with Crippen molar-refractivity contribution in [2.24, 2.45) is 0 Å². The zero-order chi connectivity index (χ0) is 20.4. The average molecular weight is 406 g/mol. The van der Waals surface area contributed by atoms with E-state index < -0.39 is 9.84 Å². The summed E-state index contributed by atoms with van der Waals surface area (Å²) in [6, 6.07) is 14.1. The standard InChI is InChI=1S/C21H27NO5S/c1-3-26-19-12-11-18(15-20(19)27-4-2)21(23)22-13-8-14-28(24,25)16-17-9-6-5-7-10-17/h5-7,9-12,15H,3-4,8,13-14,16H2,1-2H3,(H,22,23). The molecule has 2 aromatic carbocycles. The summed E-state index contributed by atoms with van der Waals surface area (Å²) in [6.45, 7) is 4.98. The van der Waals surface area contributed by atoms with Crippen LogP contribution >= 0.6 is 0 Å². The summed E-state index contributed by atoms with van der Waals surface area (Å²) >= 11 is 0. The molecule has 7 heteroatoms. The molecule has 0 aliphatic carbocycles. The first-order valence-corrected chi connectivity index (χ1v) is 11.2. The van der Waals surface area contributed by atoms with Crippen LogP contribution in [0.15, 0.2) is 48.5 Å². The first-order chi connectivity index (χ1) is 13.4. The van der Waals surface area contributed by atoms with Crippen LogP contribution in [-0.4, -0.2) is 39.8 Å². The maximum absolute atomic E-state index is 12.3. The van der Waals surface area contributed by atoms with Gasteiger partial charge in [-0.3, -0.25) is 4.79 Å². The SMILES string of the molecule is CCOc1ccc(C(=O)NCCCS(=O)(=O)Cc2ccccc2)cc1OCC. The molecular formula is C21H27NO5S. The van der Waals surface area contributed by atoms with Crippen molar-refractivity contribution in [2.75, 3.05) is 25.5 Å². The van der Waals surface area contributed by atoms with Gasteiger partial charge in [-0.25, -0.2) is 8.42 Å². The third-order valence-corrected chi connectivity index (χ3v) is 5.64. The molecule has 0 aliphatic heterocycles. The molecule has 2 rings (SSSR count). The Labute approximate surface area is 166 Å². The van der Waals surface area contributed by atoms with Crippen LogP contribution < -0.4 is 14.8 Å². The van der Waals surface area contributed by atoms with Crippen molar-refractivity contribution in [1.29, 1.82) is 0 Å². The highest BCUT2D eigenvalue weighted by molar-refractivity contribution is 7.90. The predicted molar refractivity (Wildman–Crippen MR) is 110 cm³/mol. The van der Waals surface area contributed by atoms with Crippen LogP contribution in [0.25, 0.3) is 0 Å². The lowest BCUT2D eigenvalue weighted by Crippen LogP contribution is -2.26. The minimum absolute atomic E-state index is 0.0123. The minimum atomic E-state index is -3.21. The second-order valence-corrected chi connectivity index (χ2v) is 8.40. The fourth-order valence-corrected chi connectivity index (χ4v) is 4.12. The van der Waals surface area contributed by atoms with Crippen LogP contribution in [0, 0.1) is 0 Å². The van der Waals surface area contributed by atoms with E-state index in [1.165, 1.54) is 0 Å². The van der Waals surface area contributed by atoms with E-state index in [0.717, 1.165) is 5.56 Å². The van der Waals surface area contributed by atoms with E-state index >= 15 is 0 Å². The van der Waals surface area contributed by atoms with Gasteiger partial charge in [-0.2, -0.15) is 0 Å². The first kappa shape index (κ1) is 21.8. The van der Waals surface area contributed by atoms with Crippen molar-refractivity contribution < 1.29 is 22.7 Å². The van der Waals surface area contributed by atoms with Crippen molar-refractivity contribution in [3.63, 3.8) is 0 Å². The minimum Gasteiger partial charge on any atom is -0.490 e. The van der Waals surface area contributed by atoms with E-state index in [0.29, 0.717) is 36.7 Å². The van der Waals surface area contributed by atoms with E-state index in [2.05, 4.69) is 5.32 Å². The Morgan fingerprint density at radius 1 is 0.964 bits per heavy atom. The zero-order valence-corrected chi connectivity index (χ0v) is 17.1. The number of rotatable bonds is 11. The molecule has 0 aliphatic rings. The lowest BCUT2D eigenvalue weighted by Gasteiger charge is -2.12. The van der Waals surface area contributed by atoms with Gasteiger partial charge in [0.05, 0.1) is 24.7 Å². The van der Waals surface area contributed by atoms with Crippen LogP contribution in [0.5, 0.6) is 11.5 Å². The molecule has 0 radical (unpaired) electrons. The molecule has 0 aromatic heterocycles. The van der Waals surface area contributed by atoms with E-state index in [9.17, 15) is 13.2 Å². The summed E-state index contributed by atoms with van der Waals surface area (Å²) in [4.78, 5) is 12.3. The normalized spacial score (nSPS) is 11.1. The van der Waals surface area contributed by atoms with E-state index in [4.69, 9.17) is 9.47 Å². The molecule has 0 heterocycles. The summed E-state index contributed by atoms with van der Waals surface area (Å²) in [5.74, 6) is 0.869. The molecule has 0 spiro atoms. The van der Waals surface area contributed by atoms with Crippen LogP contribution in [0.2, 0.25) is 0 Å². The van der Waals surface area contributed by atoms with Crippen molar-refractivity contribution in [1.82, 2.24) is 5.32 Å². The van der Waals surface area contributed by atoms with Gasteiger partial charge in [-0.05, 0) is 44.0 Å². The maximum atomic E-state index is 12.3. The average Bonchev–Trinajstić information content (AvgIpc) is 2.67. The number of amides is 1. The molecule has 0 fully saturated rings. The molecule has 0 bridgehead atoms. The Morgan fingerprint density at radius 2 is 1.64 bits per heavy atom. The number of benzene rings is 2. The number of hydrogen-bond donors (Lipinski definition) is 1. The monoisotopic (exact) mass is 405 g/mol. The van der Waals surface area contributed by atoms with Crippen LogP contribution in [0.3, 0.4) is 0 Å². The number of sulfone groups is 1. The Balaban J connectivity index is 1.85. The fraction of sp³-hybridized carbons (Fsp3) is 0.381. The number of hydrogen-bond acceptors (Lipinski definition) is 5. The molecular weight excluding hydrogens is 378 g/mol. The van der Waals surface area contributed by atoms with Gasteiger partial charge in [0, 0.05) is 12.1 Å². The first-order valence-electron chi connectivity index (χ1n) is 9.37. The summed E-state index contributed by atoms with van der Waals surface area (Å²) in [5, 5.41) is 2.76. The molecule has 1 amide bonds. The Kier molecular flexibility index (Phi) is 8.32. The Hall–Kier alpha value is -2.54. The molecule has 152 valence electrons. The maximum Gasteiger partial charge on any atom is 0.251 e. The van der Waals surface area contributed by atoms with Crippen LogP contribution in [0.1, 0.15) is 36.2 Å². The largest absolute Gasteiger partial charge is 0.490 e. The van der Waals surface area contributed by atoms with Crippen LogP contribution in [0.4, 0.5) is 0 Å². The zero-order valence-electron chi connectivity index (χ0n) is 16.3. The highest BCUT2D eigenvalue weighted by Gasteiger charge is 2.14. The van der Waals surface area contributed by atoms with Gasteiger partial charge in [-0.1, -0.05) is 30.3 Å². The summed E-state index contributed by atoms with van der Waals surface area (Å²) in [6.07, 6.45) is 0.357. The summed E-state index contributed by atoms with van der Waals surface area (Å²) in [7, 11) is -3.21. The van der Waals surface area contributed by atoms with Gasteiger partial charge in [0.15, 0.2) is 21.3 Å². The second kappa shape index (κ2) is 10.7. The van der Waals surface area contributed by atoms with E-state index in [1.54, 1.807) is 30.3 Å². The van der Waals surface area contributed by atoms with Crippen molar-refractivity contribution >= 4 is 15.7 Å². The number of carbonyl (C=O) groups excluding carboxylic acids is 1. The smallest absolute Gasteiger partial charge is 0.251 e. The lowest BCUT2D eigenvalue weighted by atomic mass is 10.2. The Morgan fingerprint density at radius 3 is 2.32 bits per heavy atom. The highest BCUT2D eigenvalue weighted by atomic mass is 32.2. The van der Waals surface area contributed by atoms with Gasteiger partial charge in [-0.15, -0.1) is 0 Å². The highest BCUT2D eigenvalue weighted by Crippen LogP contribution is 2.28. The van der Waals surface area contributed by atoms with Crippen molar-refractivity contribution in [3.8, 4) is 11.5 Å². The molecule has 0 unspecified atom stereocenters. The number of carbonyl (C=O) groups is 1. The molecule has 2 aromatic rings. The summed E-state index contributed by atoms with van der Waals surface area (Å²) < 4.78 is 35.4. The van der Waals surface area contributed by atoms with Gasteiger partial charge in [0.2, 0.25) is 0 Å². The van der Waals surface area contributed by atoms with Gasteiger partial charge in [0.25, 0.3) is 5.91 Å². The molecule has 6 nitrogen and oxygen atoms in total. The van der Waals surface area contributed by atoms with Gasteiger partial charge >= 0.3 is 0 Å². The molecule has 0 atom stereocenters. The third kappa shape index (κ3) is 6.88. The molecule has 0 saturated carbocycles. The quantitative estimate of drug-likeness (QED) is 0.581.